The Morgan fingerprint density at radius 2 is 2.14 bits per heavy atom. The molecule has 0 saturated carbocycles. The summed E-state index contributed by atoms with van der Waals surface area (Å²) in [6.45, 7) is 2.77. The van der Waals surface area contributed by atoms with Crippen LogP contribution < -0.4 is 10.1 Å². The highest BCUT2D eigenvalue weighted by Crippen LogP contribution is 2.23. The van der Waals surface area contributed by atoms with Gasteiger partial charge in [-0.15, -0.1) is 0 Å². The zero-order chi connectivity index (χ0) is 15.4. The van der Waals surface area contributed by atoms with Gasteiger partial charge in [-0.1, -0.05) is 13.0 Å². The maximum atomic E-state index is 12.3. The first-order valence-electron chi connectivity index (χ1n) is 6.92. The molecular formula is C15H20N2O4. The second kappa shape index (κ2) is 6.47. The van der Waals surface area contributed by atoms with Crippen molar-refractivity contribution in [3.63, 3.8) is 0 Å². The fourth-order valence-corrected chi connectivity index (χ4v) is 2.60. The number of hydrogen-bond donors (Lipinski definition) is 2. The number of aliphatic carboxylic acids is 1. The zero-order valence-electron chi connectivity index (χ0n) is 12.2. The van der Waals surface area contributed by atoms with Crippen molar-refractivity contribution >= 4 is 17.7 Å². The van der Waals surface area contributed by atoms with Crippen LogP contribution in [0.15, 0.2) is 24.3 Å². The summed E-state index contributed by atoms with van der Waals surface area (Å²) in [7, 11) is 1.56. The normalized spacial score (nSPS) is 21.7. The van der Waals surface area contributed by atoms with Gasteiger partial charge in [0.1, 0.15) is 5.75 Å². The average molecular weight is 292 g/mol. The van der Waals surface area contributed by atoms with Crippen molar-refractivity contribution in [3.8, 4) is 5.75 Å². The molecule has 6 heteroatoms. The molecule has 0 bridgehead atoms. The molecule has 21 heavy (non-hydrogen) atoms. The van der Waals surface area contributed by atoms with Gasteiger partial charge in [-0.2, -0.15) is 0 Å². The predicted octanol–water partition coefficient (Wildman–Crippen LogP) is 2.27. The maximum Gasteiger partial charge on any atom is 0.321 e. The third-order valence-corrected chi connectivity index (χ3v) is 3.62. The van der Waals surface area contributed by atoms with Crippen molar-refractivity contribution in [1.29, 1.82) is 0 Å². The summed E-state index contributed by atoms with van der Waals surface area (Å²) < 4.78 is 5.10. The first-order chi connectivity index (χ1) is 9.99. The molecule has 1 fully saturated rings. The van der Waals surface area contributed by atoms with Crippen LogP contribution in [0.5, 0.6) is 5.75 Å². The Balaban J connectivity index is 2.03. The first kappa shape index (κ1) is 15.2. The summed E-state index contributed by atoms with van der Waals surface area (Å²) in [6, 6.07) is 6.79. The molecule has 2 amide bonds. The zero-order valence-corrected chi connectivity index (χ0v) is 12.2. The molecule has 0 aromatic heterocycles. The minimum Gasteiger partial charge on any atom is -0.497 e. The number of rotatable bonds is 3. The molecule has 1 aromatic rings. The van der Waals surface area contributed by atoms with E-state index >= 15 is 0 Å². The predicted molar refractivity (Wildman–Crippen MR) is 78.5 cm³/mol. The summed E-state index contributed by atoms with van der Waals surface area (Å²) in [4.78, 5) is 25.0. The minimum absolute atomic E-state index is 0.177. The molecule has 1 aliphatic heterocycles. The third kappa shape index (κ3) is 3.87. The van der Waals surface area contributed by atoms with Gasteiger partial charge in [-0.05, 0) is 24.5 Å². The second-order valence-corrected chi connectivity index (χ2v) is 5.44. The van der Waals surface area contributed by atoms with Crippen LogP contribution in [0.4, 0.5) is 10.5 Å². The number of nitrogens with zero attached hydrogens (tertiary/aromatic N) is 1. The van der Waals surface area contributed by atoms with Crippen molar-refractivity contribution in [3.05, 3.63) is 24.3 Å². The van der Waals surface area contributed by atoms with Crippen molar-refractivity contribution in [2.75, 3.05) is 25.5 Å². The molecule has 1 aliphatic rings. The second-order valence-electron chi connectivity index (χ2n) is 5.44. The van der Waals surface area contributed by atoms with Gasteiger partial charge in [0.25, 0.3) is 0 Å². The van der Waals surface area contributed by atoms with Gasteiger partial charge in [0.15, 0.2) is 0 Å². The number of nitrogens with one attached hydrogen (secondary N) is 1. The molecule has 1 saturated heterocycles. The van der Waals surface area contributed by atoms with Gasteiger partial charge in [-0.25, -0.2) is 4.79 Å². The fourth-order valence-electron chi connectivity index (χ4n) is 2.60. The lowest BCUT2D eigenvalue weighted by atomic mass is 9.91. The number of anilines is 1. The highest BCUT2D eigenvalue weighted by Gasteiger charge is 2.31. The number of benzene rings is 1. The standard InChI is InChI=1S/C15H20N2O4/c1-10-6-11(14(18)19)9-17(8-10)15(20)16-12-4-3-5-13(7-12)21-2/h3-5,7,10-11H,6,8-9H2,1-2H3,(H,16,20)(H,18,19). The van der Waals surface area contributed by atoms with E-state index in [4.69, 9.17) is 9.84 Å². The lowest BCUT2D eigenvalue weighted by Gasteiger charge is -2.34. The first-order valence-corrected chi connectivity index (χ1v) is 6.92. The Morgan fingerprint density at radius 1 is 1.38 bits per heavy atom. The van der Waals surface area contributed by atoms with E-state index in [9.17, 15) is 9.59 Å². The van der Waals surface area contributed by atoms with Crippen LogP contribution >= 0.6 is 0 Å². The molecule has 0 spiro atoms. The van der Waals surface area contributed by atoms with Gasteiger partial charge in [0, 0.05) is 24.8 Å². The van der Waals surface area contributed by atoms with Crippen LogP contribution in [0.2, 0.25) is 0 Å². The highest BCUT2D eigenvalue weighted by atomic mass is 16.5. The molecule has 0 aliphatic carbocycles. The van der Waals surface area contributed by atoms with E-state index in [0.717, 1.165) is 0 Å². The summed E-state index contributed by atoms with van der Waals surface area (Å²) >= 11 is 0. The smallest absolute Gasteiger partial charge is 0.321 e. The molecule has 1 heterocycles. The van der Waals surface area contributed by atoms with E-state index < -0.39 is 11.9 Å². The van der Waals surface area contributed by atoms with E-state index in [2.05, 4.69) is 5.32 Å². The summed E-state index contributed by atoms with van der Waals surface area (Å²) in [5.41, 5.74) is 0.629. The van der Waals surface area contributed by atoms with Crippen molar-refractivity contribution in [2.24, 2.45) is 11.8 Å². The average Bonchev–Trinajstić information content (AvgIpc) is 2.46. The molecule has 2 unspecified atom stereocenters. The number of ether oxygens (including phenoxy) is 1. The van der Waals surface area contributed by atoms with Gasteiger partial charge < -0.3 is 20.1 Å². The van der Waals surface area contributed by atoms with E-state index in [1.54, 1.807) is 36.3 Å². The lowest BCUT2D eigenvalue weighted by Crippen LogP contribution is -2.47. The van der Waals surface area contributed by atoms with Crippen LogP contribution in [0, 0.1) is 11.8 Å². The molecule has 2 atom stereocenters. The Hall–Kier alpha value is -2.24. The van der Waals surface area contributed by atoms with Gasteiger partial charge in [0.2, 0.25) is 0 Å². The summed E-state index contributed by atoms with van der Waals surface area (Å²) in [5.74, 6) is -0.510. The van der Waals surface area contributed by atoms with Gasteiger partial charge in [-0.3, -0.25) is 4.79 Å². The molecule has 2 rings (SSSR count). The summed E-state index contributed by atoms with van der Waals surface area (Å²) in [5, 5.41) is 11.9. The Morgan fingerprint density at radius 3 is 2.81 bits per heavy atom. The van der Waals surface area contributed by atoms with E-state index in [1.807, 2.05) is 6.92 Å². The number of carboxylic acids is 1. The molecule has 0 radical (unpaired) electrons. The molecule has 114 valence electrons. The quantitative estimate of drug-likeness (QED) is 0.895. The highest BCUT2D eigenvalue weighted by molar-refractivity contribution is 5.90. The number of piperidine rings is 1. The number of carbonyl (C=O) groups excluding carboxylic acids is 1. The number of likely N-dealkylation sites (tertiary alicyclic amines) is 1. The van der Waals surface area contributed by atoms with E-state index in [-0.39, 0.29) is 18.5 Å². The van der Waals surface area contributed by atoms with Crippen LogP contribution in [0.25, 0.3) is 0 Å². The largest absolute Gasteiger partial charge is 0.497 e. The third-order valence-electron chi connectivity index (χ3n) is 3.62. The number of carbonyl (C=O) groups is 2. The van der Waals surface area contributed by atoms with Crippen molar-refractivity contribution in [2.45, 2.75) is 13.3 Å². The molecule has 2 N–H and O–H groups in total. The summed E-state index contributed by atoms with van der Waals surface area (Å²) in [6.07, 6.45) is 0.609. The van der Waals surface area contributed by atoms with Crippen LogP contribution in [-0.2, 0) is 4.79 Å². The number of carboxylic acid groups (broad SMARTS) is 1. The number of methoxy groups -OCH3 is 1. The van der Waals surface area contributed by atoms with Crippen LogP contribution in [-0.4, -0.2) is 42.2 Å². The Labute approximate surface area is 123 Å². The fraction of sp³-hybridized carbons (Fsp3) is 0.467. The van der Waals surface area contributed by atoms with E-state index in [1.165, 1.54) is 0 Å². The monoisotopic (exact) mass is 292 g/mol. The van der Waals surface area contributed by atoms with Gasteiger partial charge in [0.05, 0.1) is 13.0 Å². The van der Waals surface area contributed by atoms with Crippen molar-refractivity contribution in [1.82, 2.24) is 4.90 Å². The number of hydrogen-bond acceptors (Lipinski definition) is 3. The Kier molecular flexibility index (Phi) is 4.67. The number of urea groups is 1. The van der Waals surface area contributed by atoms with Gasteiger partial charge >= 0.3 is 12.0 Å². The van der Waals surface area contributed by atoms with E-state index in [0.29, 0.717) is 24.4 Å². The SMILES string of the molecule is COc1cccc(NC(=O)N2CC(C)CC(C(=O)O)C2)c1. The van der Waals surface area contributed by atoms with Crippen LogP contribution in [0.3, 0.4) is 0 Å². The maximum absolute atomic E-state index is 12.3. The minimum atomic E-state index is -0.847. The van der Waals surface area contributed by atoms with Crippen LogP contribution in [0.1, 0.15) is 13.3 Å². The molecular weight excluding hydrogens is 272 g/mol. The Bertz CT molecular complexity index is 532. The van der Waals surface area contributed by atoms with Crippen molar-refractivity contribution < 1.29 is 19.4 Å². The molecule has 1 aromatic carbocycles. The lowest BCUT2D eigenvalue weighted by molar-refractivity contribution is -0.143. The topological polar surface area (TPSA) is 78.9 Å². The number of amides is 2. The molecule has 6 nitrogen and oxygen atoms in total.